The van der Waals surface area contributed by atoms with Gasteiger partial charge in [-0.25, -0.2) is 0 Å². The van der Waals surface area contributed by atoms with Gasteiger partial charge in [-0.1, -0.05) is 6.07 Å². The van der Waals surface area contributed by atoms with Gasteiger partial charge in [-0.2, -0.15) is 0 Å². The molecule has 0 radical (unpaired) electrons. The number of carbonyl (C=O) groups excluding carboxylic acids is 3. The van der Waals surface area contributed by atoms with Crippen LogP contribution < -0.4 is 5.73 Å². The van der Waals surface area contributed by atoms with Crippen LogP contribution in [0.25, 0.3) is 0 Å². The molecule has 1 aromatic heterocycles. The Bertz CT molecular complexity index is 530. The number of thiophene rings is 1. The van der Waals surface area contributed by atoms with Crippen molar-refractivity contribution in [3.8, 4) is 0 Å². The molecule has 0 saturated carbocycles. The molecule has 1 aromatic rings. The van der Waals surface area contributed by atoms with Gasteiger partial charge in [-0.3, -0.25) is 14.4 Å². The maximum absolute atomic E-state index is 12.3. The monoisotopic (exact) mass is 309 g/mol. The summed E-state index contributed by atoms with van der Waals surface area (Å²) in [6.07, 6.45) is 0.323. The lowest BCUT2D eigenvalue weighted by molar-refractivity contribution is -0.132. The molecule has 1 unspecified atom stereocenters. The zero-order chi connectivity index (χ0) is 15.4. The summed E-state index contributed by atoms with van der Waals surface area (Å²) in [5, 5.41) is 1.93. The van der Waals surface area contributed by atoms with Gasteiger partial charge in [-0.05, 0) is 11.4 Å². The van der Waals surface area contributed by atoms with Crippen molar-refractivity contribution in [2.45, 2.75) is 13.3 Å². The first kappa shape index (κ1) is 15.5. The summed E-state index contributed by atoms with van der Waals surface area (Å²) in [4.78, 5) is 39.6. The van der Waals surface area contributed by atoms with Crippen LogP contribution in [-0.4, -0.2) is 53.7 Å². The van der Waals surface area contributed by atoms with Crippen LogP contribution in [0.2, 0.25) is 0 Å². The SMILES string of the molecule is CC(=O)N1CCN(C(=O)Cc2cccs2)CC(C(N)=O)C1. The topological polar surface area (TPSA) is 83.7 Å². The van der Waals surface area contributed by atoms with Gasteiger partial charge in [0.05, 0.1) is 12.3 Å². The Morgan fingerprint density at radius 2 is 1.95 bits per heavy atom. The van der Waals surface area contributed by atoms with Crippen LogP contribution in [-0.2, 0) is 20.8 Å². The first-order chi connectivity index (χ1) is 9.97. The van der Waals surface area contributed by atoms with E-state index in [1.54, 1.807) is 9.80 Å². The highest BCUT2D eigenvalue weighted by molar-refractivity contribution is 7.10. The summed E-state index contributed by atoms with van der Waals surface area (Å²) in [6.45, 7) is 2.90. The predicted molar refractivity (Wildman–Crippen MR) is 79.5 cm³/mol. The highest BCUT2D eigenvalue weighted by atomic mass is 32.1. The van der Waals surface area contributed by atoms with Crippen LogP contribution in [0, 0.1) is 5.92 Å². The van der Waals surface area contributed by atoms with Crippen molar-refractivity contribution in [1.29, 1.82) is 0 Å². The molecule has 1 fully saturated rings. The van der Waals surface area contributed by atoms with Gasteiger partial charge < -0.3 is 15.5 Å². The Labute approximate surface area is 127 Å². The molecule has 1 saturated heterocycles. The predicted octanol–water partition coefficient (Wildman–Crippen LogP) is 0.0828. The molecule has 1 aliphatic rings. The van der Waals surface area contributed by atoms with E-state index in [9.17, 15) is 14.4 Å². The molecule has 2 heterocycles. The number of rotatable bonds is 3. The van der Waals surface area contributed by atoms with Gasteiger partial charge in [0.15, 0.2) is 0 Å². The van der Waals surface area contributed by atoms with Crippen molar-refractivity contribution < 1.29 is 14.4 Å². The minimum atomic E-state index is -0.510. The molecule has 6 nitrogen and oxygen atoms in total. The number of hydrogen-bond donors (Lipinski definition) is 1. The first-order valence-electron chi connectivity index (χ1n) is 6.82. The van der Waals surface area contributed by atoms with Crippen molar-refractivity contribution in [2.75, 3.05) is 26.2 Å². The summed E-state index contributed by atoms with van der Waals surface area (Å²) >= 11 is 1.53. The molecule has 3 amide bonds. The minimum absolute atomic E-state index is 0.0332. The van der Waals surface area contributed by atoms with E-state index in [0.717, 1.165) is 4.88 Å². The van der Waals surface area contributed by atoms with E-state index < -0.39 is 11.8 Å². The van der Waals surface area contributed by atoms with Crippen molar-refractivity contribution in [1.82, 2.24) is 9.80 Å². The van der Waals surface area contributed by atoms with Gasteiger partial charge in [0.25, 0.3) is 0 Å². The highest BCUT2D eigenvalue weighted by Gasteiger charge is 2.29. The molecule has 2 rings (SSSR count). The zero-order valence-electron chi connectivity index (χ0n) is 11.9. The second-order valence-electron chi connectivity index (χ2n) is 5.16. The first-order valence-corrected chi connectivity index (χ1v) is 7.70. The van der Waals surface area contributed by atoms with Gasteiger partial charge in [0.2, 0.25) is 17.7 Å². The van der Waals surface area contributed by atoms with E-state index in [-0.39, 0.29) is 24.9 Å². The molecule has 21 heavy (non-hydrogen) atoms. The third-order valence-electron chi connectivity index (χ3n) is 3.63. The van der Waals surface area contributed by atoms with E-state index in [1.165, 1.54) is 18.3 Å². The molecule has 2 N–H and O–H groups in total. The molecule has 0 spiro atoms. The Morgan fingerprint density at radius 3 is 2.52 bits per heavy atom. The second-order valence-corrected chi connectivity index (χ2v) is 6.19. The summed E-state index contributed by atoms with van der Waals surface area (Å²) in [5.41, 5.74) is 5.38. The molecule has 0 aliphatic carbocycles. The number of nitrogens with two attached hydrogens (primary N) is 1. The fourth-order valence-electron chi connectivity index (χ4n) is 2.38. The minimum Gasteiger partial charge on any atom is -0.369 e. The maximum Gasteiger partial charge on any atom is 0.227 e. The van der Waals surface area contributed by atoms with Crippen molar-refractivity contribution in [3.63, 3.8) is 0 Å². The molecular weight excluding hydrogens is 290 g/mol. The van der Waals surface area contributed by atoms with Crippen LogP contribution in [0.4, 0.5) is 0 Å². The van der Waals surface area contributed by atoms with Crippen molar-refractivity contribution >= 4 is 29.1 Å². The summed E-state index contributed by atoms with van der Waals surface area (Å²) < 4.78 is 0. The summed E-state index contributed by atoms with van der Waals surface area (Å²) in [6, 6.07) is 3.81. The Hall–Kier alpha value is -1.89. The maximum atomic E-state index is 12.3. The zero-order valence-corrected chi connectivity index (χ0v) is 12.8. The summed E-state index contributed by atoms with van der Waals surface area (Å²) in [7, 11) is 0. The number of nitrogens with zero attached hydrogens (tertiary/aromatic N) is 2. The Kier molecular flexibility index (Phi) is 4.95. The number of hydrogen-bond acceptors (Lipinski definition) is 4. The van der Waals surface area contributed by atoms with Crippen molar-refractivity contribution in [2.24, 2.45) is 11.7 Å². The fraction of sp³-hybridized carbons (Fsp3) is 0.500. The van der Waals surface area contributed by atoms with Crippen LogP contribution in [0.5, 0.6) is 0 Å². The van der Waals surface area contributed by atoms with Gasteiger partial charge in [0, 0.05) is 38.0 Å². The van der Waals surface area contributed by atoms with E-state index >= 15 is 0 Å². The van der Waals surface area contributed by atoms with Gasteiger partial charge >= 0.3 is 0 Å². The van der Waals surface area contributed by atoms with E-state index in [1.807, 2.05) is 17.5 Å². The Morgan fingerprint density at radius 1 is 1.29 bits per heavy atom. The molecule has 7 heteroatoms. The highest BCUT2D eigenvalue weighted by Crippen LogP contribution is 2.14. The lowest BCUT2D eigenvalue weighted by Crippen LogP contribution is -2.41. The van der Waals surface area contributed by atoms with E-state index in [2.05, 4.69) is 0 Å². The lowest BCUT2D eigenvalue weighted by atomic mass is 10.1. The summed E-state index contributed by atoms with van der Waals surface area (Å²) in [5.74, 6) is -1.12. The van der Waals surface area contributed by atoms with Crippen LogP contribution in [0.15, 0.2) is 17.5 Å². The third-order valence-corrected chi connectivity index (χ3v) is 4.50. The number of amides is 3. The van der Waals surface area contributed by atoms with Crippen LogP contribution in [0.1, 0.15) is 11.8 Å². The van der Waals surface area contributed by atoms with Crippen molar-refractivity contribution in [3.05, 3.63) is 22.4 Å². The molecule has 1 atom stereocenters. The standard InChI is InChI=1S/C14H19N3O3S/c1-10(18)16-4-5-17(9-11(8-16)14(15)20)13(19)7-12-3-2-6-21-12/h2-3,6,11H,4-5,7-9H2,1H3,(H2,15,20). The van der Waals surface area contributed by atoms with E-state index in [4.69, 9.17) is 5.73 Å². The largest absolute Gasteiger partial charge is 0.369 e. The average molecular weight is 309 g/mol. The molecule has 1 aliphatic heterocycles. The fourth-order valence-corrected chi connectivity index (χ4v) is 3.08. The van der Waals surface area contributed by atoms with Crippen LogP contribution >= 0.6 is 11.3 Å². The quantitative estimate of drug-likeness (QED) is 0.858. The smallest absolute Gasteiger partial charge is 0.227 e. The average Bonchev–Trinajstić information content (AvgIpc) is 2.80. The third kappa shape index (κ3) is 4.04. The number of carbonyl (C=O) groups is 3. The normalized spacial score (nSPS) is 19.2. The molecule has 0 aromatic carbocycles. The van der Waals surface area contributed by atoms with Gasteiger partial charge in [-0.15, -0.1) is 11.3 Å². The Balaban J connectivity index is 2.06. The lowest BCUT2D eigenvalue weighted by Gasteiger charge is -2.22. The molecular formula is C14H19N3O3S. The molecule has 0 bridgehead atoms. The number of primary amides is 1. The van der Waals surface area contributed by atoms with Crippen LogP contribution in [0.3, 0.4) is 0 Å². The second kappa shape index (κ2) is 6.71. The molecule has 114 valence electrons. The van der Waals surface area contributed by atoms with E-state index in [0.29, 0.717) is 19.5 Å². The van der Waals surface area contributed by atoms with Gasteiger partial charge in [0.1, 0.15) is 0 Å².